The standard InChI is InChI=1S/C20H27NO3/c1-5-24-18(6-7-21)20-16(22)10-15(11-17(20)23)19-13(3)8-12(2)9-14(19)4/h7-9,15,18,21-22H,5-6,10-11H2,1-4H3. The molecule has 0 amide bonds. The third-order valence-corrected chi connectivity index (χ3v) is 4.65. The van der Waals surface area contributed by atoms with Gasteiger partial charge in [0.2, 0.25) is 0 Å². The fourth-order valence-electron chi connectivity index (χ4n) is 3.89. The molecule has 0 saturated carbocycles. The molecule has 0 aromatic heterocycles. The predicted octanol–water partition coefficient (Wildman–Crippen LogP) is 4.32. The van der Waals surface area contributed by atoms with E-state index in [2.05, 4.69) is 32.9 Å². The van der Waals surface area contributed by atoms with E-state index >= 15 is 0 Å². The molecular formula is C20H27NO3. The molecule has 4 heteroatoms. The lowest BCUT2D eigenvalue weighted by molar-refractivity contribution is -0.118. The van der Waals surface area contributed by atoms with Crippen LogP contribution in [-0.4, -0.2) is 29.8 Å². The molecule has 0 saturated heterocycles. The Morgan fingerprint density at radius 3 is 2.42 bits per heavy atom. The summed E-state index contributed by atoms with van der Waals surface area (Å²) >= 11 is 0. The third kappa shape index (κ3) is 3.75. The van der Waals surface area contributed by atoms with Crippen LogP contribution < -0.4 is 0 Å². The summed E-state index contributed by atoms with van der Waals surface area (Å²) in [6.07, 6.45) is 1.86. The predicted molar refractivity (Wildman–Crippen MR) is 96.1 cm³/mol. The average Bonchev–Trinajstić information content (AvgIpc) is 2.45. The van der Waals surface area contributed by atoms with Crippen LogP contribution in [0.15, 0.2) is 23.5 Å². The molecule has 4 nitrogen and oxygen atoms in total. The molecule has 2 unspecified atom stereocenters. The second kappa shape index (κ2) is 7.75. The maximum absolute atomic E-state index is 12.7. The molecule has 2 rings (SSSR count). The lowest BCUT2D eigenvalue weighted by atomic mass is 9.77. The van der Waals surface area contributed by atoms with Crippen molar-refractivity contribution in [2.75, 3.05) is 6.61 Å². The van der Waals surface area contributed by atoms with Crippen LogP contribution in [0.1, 0.15) is 54.4 Å². The summed E-state index contributed by atoms with van der Waals surface area (Å²) in [5.41, 5.74) is 5.07. The molecule has 0 heterocycles. The van der Waals surface area contributed by atoms with Crippen molar-refractivity contribution in [1.82, 2.24) is 0 Å². The Labute approximate surface area is 144 Å². The number of aliphatic hydroxyl groups is 1. The van der Waals surface area contributed by atoms with Crippen molar-refractivity contribution in [2.45, 2.75) is 59.0 Å². The van der Waals surface area contributed by atoms with E-state index in [1.807, 2.05) is 6.92 Å². The summed E-state index contributed by atoms with van der Waals surface area (Å²) < 4.78 is 5.58. The first-order valence-corrected chi connectivity index (χ1v) is 8.52. The van der Waals surface area contributed by atoms with Gasteiger partial charge in [-0.05, 0) is 56.5 Å². The number of ether oxygens (including phenoxy) is 1. The Morgan fingerprint density at radius 1 is 1.29 bits per heavy atom. The number of carbonyl (C=O) groups is 1. The monoisotopic (exact) mass is 329 g/mol. The Bertz CT molecular complexity index is 652. The second-order valence-corrected chi connectivity index (χ2v) is 6.58. The molecule has 24 heavy (non-hydrogen) atoms. The summed E-state index contributed by atoms with van der Waals surface area (Å²) in [5, 5.41) is 17.8. The van der Waals surface area contributed by atoms with Crippen molar-refractivity contribution < 1.29 is 14.6 Å². The van der Waals surface area contributed by atoms with Gasteiger partial charge in [-0.2, -0.15) is 0 Å². The van der Waals surface area contributed by atoms with E-state index in [9.17, 15) is 9.90 Å². The van der Waals surface area contributed by atoms with Crippen LogP contribution >= 0.6 is 0 Å². The van der Waals surface area contributed by atoms with Crippen LogP contribution in [0.5, 0.6) is 0 Å². The van der Waals surface area contributed by atoms with E-state index in [1.165, 1.54) is 28.5 Å². The van der Waals surface area contributed by atoms with Gasteiger partial charge in [0.15, 0.2) is 5.78 Å². The number of nitrogens with one attached hydrogen (secondary N) is 1. The van der Waals surface area contributed by atoms with E-state index in [4.69, 9.17) is 10.1 Å². The highest BCUT2D eigenvalue weighted by molar-refractivity contribution is 5.98. The van der Waals surface area contributed by atoms with E-state index in [1.54, 1.807) is 0 Å². The Morgan fingerprint density at radius 2 is 1.92 bits per heavy atom. The minimum absolute atomic E-state index is 0.00380. The number of Topliss-reactive ketones (excluding diaryl/α,β-unsaturated/α-hetero) is 1. The number of hydrogen-bond donors (Lipinski definition) is 2. The summed E-state index contributed by atoms with van der Waals surface area (Å²) in [6, 6.07) is 4.25. The van der Waals surface area contributed by atoms with Gasteiger partial charge in [0, 0.05) is 25.9 Å². The van der Waals surface area contributed by atoms with Gasteiger partial charge in [0.05, 0.1) is 11.7 Å². The molecule has 130 valence electrons. The molecule has 2 N–H and O–H groups in total. The fraction of sp³-hybridized carbons (Fsp3) is 0.500. The topological polar surface area (TPSA) is 70.4 Å². The second-order valence-electron chi connectivity index (χ2n) is 6.58. The van der Waals surface area contributed by atoms with Crippen molar-refractivity contribution >= 4 is 12.0 Å². The Hall–Kier alpha value is -1.94. The zero-order valence-electron chi connectivity index (χ0n) is 15.0. The molecule has 0 radical (unpaired) electrons. The van der Waals surface area contributed by atoms with Gasteiger partial charge in [-0.3, -0.25) is 4.79 Å². The molecule has 0 fully saturated rings. The molecule has 2 atom stereocenters. The number of ketones is 1. The van der Waals surface area contributed by atoms with Crippen molar-refractivity contribution in [1.29, 1.82) is 5.41 Å². The first kappa shape index (κ1) is 18.4. The molecule has 0 aliphatic heterocycles. The van der Waals surface area contributed by atoms with Crippen LogP contribution in [0, 0.1) is 26.2 Å². The number of benzene rings is 1. The van der Waals surface area contributed by atoms with Crippen LogP contribution in [0.2, 0.25) is 0 Å². The zero-order chi connectivity index (χ0) is 17.9. The minimum Gasteiger partial charge on any atom is -0.512 e. The molecule has 0 bridgehead atoms. The largest absolute Gasteiger partial charge is 0.512 e. The highest BCUT2D eigenvalue weighted by atomic mass is 16.5. The zero-order valence-corrected chi connectivity index (χ0v) is 15.0. The normalized spacial score (nSPS) is 19.5. The van der Waals surface area contributed by atoms with E-state index in [0.717, 1.165) is 0 Å². The van der Waals surface area contributed by atoms with Gasteiger partial charge in [-0.25, -0.2) is 0 Å². The maximum Gasteiger partial charge on any atom is 0.165 e. The van der Waals surface area contributed by atoms with Crippen LogP contribution in [0.3, 0.4) is 0 Å². The first-order chi connectivity index (χ1) is 11.4. The average molecular weight is 329 g/mol. The number of hydrogen-bond acceptors (Lipinski definition) is 4. The van der Waals surface area contributed by atoms with Crippen LogP contribution in [-0.2, 0) is 9.53 Å². The Kier molecular flexibility index (Phi) is 5.94. The maximum atomic E-state index is 12.7. The lowest BCUT2D eigenvalue weighted by Crippen LogP contribution is -2.29. The van der Waals surface area contributed by atoms with E-state index in [0.29, 0.717) is 31.4 Å². The van der Waals surface area contributed by atoms with Gasteiger partial charge < -0.3 is 15.3 Å². The summed E-state index contributed by atoms with van der Waals surface area (Å²) in [7, 11) is 0. The first-order valence-electron chi connectivity index (χ1n) is 8.52. The number of aliphatic hydroxyl groups excluding tert-OH is 1. The van der Waals surface area contributed by atoms with Crippen molar-refractivity contribution in [3.63, 3.8) is 0 Å². The van der Waals surface area contributed by atoms with Gasteiger partial charge in [0.1, 0.15) is 5.76 Å². The van der Waals surface area contributed by atoms with Crippen molar-refractivity contribution in [3.05, 3.63) is 45.7 Å². The number of rotatable bonds is 6. The molecule has 1 aromatic rings. The number of allylic oxidation sites excluding steroid dienone is 1. The Balaban J connectivity index is 2.36. The molecule has 0 spiro atoms. The smallest absolute Gasteiger partial charge is 0.165 e. The van der Waals surface area contributed by atoms with Gasteiger partial charge in [0.25, 0.3) is 0 Å². The number of aryl methyl sites for hydroxylation is 3. The molecule has 1 aliphatic carbocycles. The number of carbonyl (C=O) groups excluding carboxylic acids is 1. The highest BCUT2D eigenvalue weighted by Gasteiger charge is 2.34. The highest BCUT2D eigenvalue weighted by Crippen LogP contribution is 2.38. The summed E-state index contributed by atoms with van der Waals surface area (Å²) in [6.45, 7) is 8.49. The van der Waals surface area contributed by atoms with Gasteiger partial charge in [-0.1, -0.05) is 17.7 Å². The van der Waals surface area contributed by atoms with Crippen LogP contribution in [0.4, 0.5) is 0 Å². The van der Waals surface area contributed by atoms with E-state index in [-0.39, 0.29) is 17.5 Å². The fourth-order valence-corrected chi connectivity index (χ4v) is 3.89. The SMILES string of the molecule is CCOC(CC=N)C1=C(O)CC(c2c(C)cc(C)cc2C)CC1=O. The quantitative estimate of drug-likeness (QED) is 0.764. The molecular weight excluding hydrogens is 302 g/mol. The third-order valence-electron chi connectivity index (χ3n) is 4.65. The van der Waals surface area contributed by atoms with Crippen molar-refractivity contribution in [3.8, 4) is 0 Å². The summed E-state index contributed by atoms with van der Waals surface area (Å²) in [4.78, 5) is 12.7. The minimum atomic E-state index is -0.513. The van der Waals surface area contributed by atoms with Crippen LogP contribution in [0.25, 0.3) is 0 Å². The summed E-state index contributed by atoms with van der Waals surface area (Å²) in [5.74, 6) is 0.0588. The molecule has 1 aliphatic rings. The van der Waals surface area contributed by atoms with E-state index < -0.39 is 6.10 Å². The van der Waals surface area contributed by atoms with Gasteiger partial charge in [-0.15, -0.1) is 0 Å². The van der Waals surface area contributed by atoms with Crippen molar-refractivity contribution in [2.24, 2.45) is 0 Å². The molecule has 1 aromatic carbocycles. The van der Waals surface area contributed by atoms with Gasteiger partial charge >= 0.3 is 0 Å². The lowest BCUT2D eigenvalue weighted by Gasteiger charge is -2.29.